The van der Waals surface area contributed by atoms with Crippen LogP contribution < -0.4 is 11.1 Å². The van der Waals surface area contributed by atoms with Crippen molar-refractivity contribution >= 4 is 23.5 Å². The van der Waals surface area contributed by atoms with E-state index in [9.17, 15) is 4.79 Å². The first kappa shape index (κ1) is 26.6. The quantitative estimate of drug-likeness (QED) is 0.491. The second kappa shape index (κ2) is 12.3. The van der Waals surface area contributed by atoms with Crippen molar-refractivity contribution in [1.29, 1.82) is 0 Å². The lowest BCUT2D eigenvalue weighted by Gasteiger charge is -2.35. The summed E-state index contributed by atoms with van der Waals surface area (Å²) in [5.41, 5.74) is 12.8. The van der Waals surface area contributed by atoms with E-state index in [-0.39, 0.29) is 5.91 Å². The minimum absolute atomic E-state index is 0.136. The van der Waals surface area contributed by atoms with E-state index in [2.05, 4.69) is 48.3 Å². The Labute approximate surface area is 228 Å². The number of nitrogens with zero attached hydrogens (tertiary/aromatic N) is 3. The molecule has 0 radical (unpaired) electrons. The molecule has 202 valence electrons. The molecule has 2 aromatic carbocycles. The number of amides is 1. The van der Waals surface area contributed by atoms with Crippen LogP contribution in [-0.4, -0.2) is 66.9 Å². The predicted octanol–water partition coefficient (Wildman–Crippen LogP) is 5.47. The number of likely N-dealkylation sites (tertiary alicyclic amines) is 1. The summed E-state index contributed by atoms with van der Waals surface area (Å²) in [6.45, 7) is 10.9. The van der Waals surface area contributed by atoms with Crippen LogP contribution in [-0.2, 0) is 0 Å². The maximum absolute atomic E-state index is 12.7. The van der Waals surface area contributed by atoms with Crippen molar-refractivity contribution in [2.24, 2.45) is 16.6 Å². The molecule has 3 heterocycles. The first-order valence-corrected chi connectivity index (χ1v) is 14.5. The zero-order valence-electron chi connectivity index (χ0n) is 23.1. The highest BCUT2D eigenvalue weighted by molar-refractivity contribution is 5.95. The molecule has 38 heavy (non-hydrogen) atoms. The number of fused-ring (bicyclic) bond motifs is 1. The standard InChI is InChI=1S/C32H43N5O/c1-3-16-37(22-24-12-14-34-15-13-24)23(2)29-19-28-11-10-27(20-30(28)35-31(33)21-29)25-6-8-26(9-7-25)32(38)36-17-4-5-18-36/h6-11,19-20,23-24,34H,3-5,12-18,21-22H2,1-2H3,(H2,33,35). The summed E-state index contributed by atoms with van der Waals surface area (Å²) in [5.74, 6) is 1.57. The number of hydrogen-bond acceptors (Lipinski definition) is 5. The van der Waals surface area contributed by atoms with E-state index < -0.39 is 0 Å². The Balaban J connectivity index is 1.35. The Morgan fingerprint density at radius 1 is 1.11 bits per heavy atom. The lowest BCUT2D eigenvalue weighted by molar-refractivity contribution is 0.0793. The molecule has 5 rings (SSSR count). The van der Waals surface area contributed by atoms with Crippen LogP contribution in [0.5, 0.6) is 0 Å². The van der Waals surface area contributed by atoms with Gasteiger partial charge in [0.1, 0.15) is 5.84 Å². The molecule has 1 unspecified atom stereocenters. The van der Waals surface area contributed by atoms with Gasteiger partial charge in [-0.25, -0.2) is 4.99 Å². The number of piperidine rings is 1. The summed E-state index contributed by atoms with van der Waals surface area (Å²) in [6, 6.07) is 14.8. The van der Waals surface area contributed by atoms with Gasteiger partial charge >= 0.3 is 0 Å². The van der Waals surface area contributed by atoms with Gasteiger partial charge in [0.05, 0.1) is 5.69 Å². The second-order valence-electron chi connectivity index (χ2n) is 11.2. The van der Waals surface area contributed by atoms with Gasteiger partial charge in [0.2, 0.25) is 0 Å². The van der Waals surface area contributed by atoms with Crippen LogP contribution in [0.15, 0.2) is 53.0 Å². The monoisotopic (exact) mass is 513 g/mol. The molecule has 3 aliphatic rings. The topological polar surface area (TPSA) is 74.0 Å². The number of rotatable bonds is 8. The van der Waals surface area contributed by atoms with E-state index in [0.717, 1.165) is 92.4 Å². The van der Waals surface area contributed by atoms with Crippen LogP contribution in [0.4, 0.5) is 5.69 Å². The third kappa shape index (κ3) is 6.19. The summed E-state index contributed by atoms with van der Waals surface area (Å²) in [6.07, 6.45) is 8.89. The van der Waals surface area contributed by atoms with Crippen molar-refractivity contribution in [1.82, 2.24) is 15.1 Å². The van der Waals surface area contributed by atoms with Crippen LogP contribution in [0.25, 0.3) is 17.2 Å². The first-order chi connectivity index (χ1) is 18.5. The van der Waals surface area contributed by atoms with Gasteiger partial charge in [-0.1, -0.05) is 37.3 Å². The number of benzene rings is 2. The number of carbonyl (C=O) groups excluding carboxylic acids is 1. The molecule has 3 N–H and O–H groups in total. The van der Waals surface area contributed by atoms with Gasteiger partial charge in [-0.05, 0) is 99.5 Å². The normalized spacial score (nSPS) is 19.1. The molecular weight excluding hydrogens is 470 g/mol. The van der Waals surface area contributed by atoms with Crippen LogP contribution in [0.1, 0.15) is 68.3 Å². The molecule has 0 aliphatic carbocycles. The SMILES string of the molecule is CCCN(CC1CCNCC1)C(C)C1=Cc2ccc(-c3ccc(C(=O)N4CCCC4)cc3)cc2N=C(N)C1. The minimum atomic E-state index is 0.136. The zero-order chi connectivity index (χ0) is 26.5. The fraction of sp³-hybridized carbons (Fsp3) is 0.500. The molecule has 0 saturated carbocycles. The van der Waals surface area contributed by atoms with Gasteiger partial charge in [-0.15, -0.1) is 0 Å². The molecular formula is C32H43N5O. The lowest BCUT2D eigenvalue weighted by Crippen LogP contribution is -2.42. The summed E-state index contributed by atoms with van der Waals surface area (Å²) in [7, 11) is 0. The number of nitrogens with one attached hydrogen (secondary N) is 1. The molecule has 2 saturated heterocycles. The predicted molar refractivity (Wildman–Crippen MR) is 158 cm³/mol. The largest absolute Gasteiger partial charge is 0.387 e. The molecule has 2 fully saturated rings. The first-order valence-electron chi connectivity index (χ1n) is 14.5. The molecule has 6 heteroatoms. The fourth-order valence-corrected chi connectivity index (χ4v) is 6.13. The molecule has 0 aromatic heterocycles. The van der Waals surface area contributed by atoms with E-state index in [1.807, 2.05) is 29.2 Å². The molecule has 0 bridgehead atoms. The van der Waals surface area contributed by atoms with Gasteiger partial charge in [-0.2, -0.15) is 0 Å². The molecule has 3 aliphatic heterocycles. The van der Waals surface area contributed by atoms with Crippen LogP contribution in [0, 0.1) is 5.92 Å². The van der Waals surface area contributed by atoms with Crippen molar-refractivity contribution in [3.63, 3.8) is 0 Å². The Morgan fingerprint density at radius 3 is 2.53 bits per heavy atom. The van der Waals surface area contributed by atoms with E-state index in [1.54, 1.807) is 0 Å². The molecule has 1 amide bonds. The Bertz CT molecular complexity index is 1170. The highest BCUT2D eigenvalue weighted by Gasteiger charge is 2.24. The maximum Gasteiger partial charge on any atom is 0.253 e. The number of aliphatic imine (C=N–C) groups is 1. The lowest BCUT2D eigenvalue weighted by atomic mass is 9.94. The van der Waals surface area contributed by atoms with Crippen LogP contribution in [0.3, 0.4) is 0 Å². The Hall–Kier alpha value is -2.96. The third-order valence-electron chi connectivity index (χ3n) is 8.43. The van der Waals surface area contributed by atoms with Crippen LogP contribution in [0.2, 0.25) is 0 Å². The van der Waals surface area contributed by atoms with Gasteiger partial charge in [0, 0.05) is 43.2 Å². The van der Waals surface area contributed by atoms with Crippen molar-refractivity contribution in [3.05, 3.63) is 59.2 Å². The smallest absolute Gasteiger partial charge is 0.253 e. The van der Waals surface area contributed by atoms with E-state index in [0.29, 0.717) is 18.3 Å². The number of nitrogens with two attached hydrogens (primary N) is 1. The highest BCUT2D eigenvalue weighted by Crippen LogP contribution is 2.33. The fourth-order valence-electron chi connectivity index (χ4n) is 6.13. The minimum Gasteiger partial charge on any atom is -0.387 e. The summed E-state index contributed by atoms with van der Waals surface area (Å²) in [4.78, 5) is 22.2. The zero-order valence-corrected chi connectivity index (χ0v) is 23.1. The van der Waals surface area contributed by atoms with Gasteiger partial charge in [-0.3, -0.25) is 9.69 Å². The number of amidine groups is 1. The molecule has 1 atom stereocenters. The summed E-state index contributed by atoms with van der Waals surface area (Å²) < 4.78 is 0. The van der Waals surface area contributed by atoms with Crippen molar-refractivity contribution in [2.75, 3.05) is 39.3 Å². The molecule has 2 aromatic rings. The summed E-state index contributed by atoms with van der Waals surface area (Å²) >= 11 is 0. The third-order valence-corrected chi connectivity index (χ3v) is 8.43. The Morgan fingerprint density at radius 2 is 1.82 bits per heavy atom. The van der Waals surface area contributed by atoms with Crippen molar-refractivity contribution in [3.8, 4) is 11.1 Å². The molecule has 0 spiro atoms. The van der Waals surface area contributed by atoms with Crippen LogP contribution >= 0.6 is 0 Å². The maximum atomic E-state index is 12.7. The van der Waals surface area contributed by atoms with Crippen molar-refractivity contribution < 1.29 is 4.79 Å². The van der Waals surface area contributed by atoms with E-state index in [4.69, 9.17) is 10.7 Å². The van der Waals surface area contributed by atoms with Gasteiger partial charge in [0.15, 0.2) is 0 Å². The average molecular weight is 514 g/mol. The highest BCUT2D eigenvalue weighted by atomic mass is 16.2. The second-order valence-corrected chi connectivity index (χ2v) is 11.2. The van der Waals surface area contributed by atoms with Gasteiger partial charge < -0.3 is 16.0 Å². The van der Waals surface area contributed by atoms with Gasteiger partial charge in [0.25, 0.3) is 5.91 Å². The summed E-state index contributed by atoms with van der Waals surface area (Å²) in [5, 5.41) is 3.49. The number of hydrogen-bond donors (Lipinski definition) is 2. The molecule has 6 nitrogen and oxygen atoms in total. The average Bonchev–Trinajstić information content (AvgIpc) is 3.42. The van der Waals surface area contributed by atoms with Crippen molar-refractivity contribution in [2.45, 2.75) is 58.4 Å². The van der Waals surface area contributed by atoms with E-state index in [1.165, 1.54) is 18.4 Å². The van der Waals surface area contributed by atoms with E-state index >= 15 is 0 Å². The Kier molecular flexibility index (Phi) is 8.60. The number of carbonyl (C=O) groups is 1.